The van der Waals surface area contributed by atoms with E-state index in [9.17, 15) is 9.59 Å². The Morgan fingerprint density at radius 1 is 0.729 bits per heavy atom. The van der Waals surface area contributed by atoms with E-state index in [0.29, 0.717) is 24.2 Å². The van der Waals surface area contributed by atoms with Gasteiger partial charge in [0.15, 0.2) is 0 Å². The summed E-state index contributed by atoms with van der Waals surface area (Å²) in [5.41, 5.74) is -0.885. The van der Waals surface area contributed by atoms with Crippen molar-refractivity contribution in [3.8, 4) is 0 Å². The summed E-state index contributed by atoms with van der Waals surface area (Å²) in [4.78, 5) is 51.0. The molecule has 8 nitrogen and oxygen atoms in total. The molecule has 0 N–H and O–H groups in total. The second-order valence-corrected chi connectivity index (χ2v) is 19.7. The average molecular weight is 671 g/mol. The van der Waals surface area contributed by atoms with Gasteiger partial charge >= 0.3 is 11.9 Å². The van der Waals surface area contributed by atoms with Crippen LogP contribution in [0.3, 0.4) is 0 Å². The van der Waals surface area contributed by atoms with E-state index < -0.39 is 22.6 Å². The van der Waals surface area contributed by atoms with Crippen molar-refractivity contribution in [2.45, 2.75) is 175 Å². The molecule has 3 saturated heterocycles. The molecule has 6 saturated carbocycles. The molecular formula is C40H62O8. The Morgan fingerprint density at radius 2 is 1.42 bits per heavy atom. The molecule has 0 amide bonds. The summed E-state index contributed by atoms with van der Waals surface area (Å²) in [6.07, 6.45) is 14.0. The maximum atomic E-state index is 14.3. The first-order chi connectivity index (χ1) is 22.4. The molecule has 2 spiro atoms. The molecule has 12 atom stereocenters. The fourth-order valence-corrected chi connectivity index (χ4v) is 15.0. The maximum Gasteiger partial charge on any atom is 0.312 e. The predicted octanol–water partition coefficient (Wildman–Crippen LogP) is 8.85. The highest BCUT2D eigenvalue weighted by Gasteiger charge is 2.78. The first-order valence-corrected chi connectivity index (χ1v) is 19.6. The van der Waals surface area contributed by atoms with E-state index in [2.05, 4.69) is 48.5 Å². The molecule has 8 heteroatoms. The summed E-state index contributed by atoms with van der Waals surface area (Å²) in [6.45, 7) is 20.5. The van der Waals surface area contributed by atoms with Gasteiger partial charge in [0, 0.05) is 31.1 Å². The van der Waals surface area contributed by atoms with Crippen molar-refractivity contribution >= 4 is 11.9 Å². The molecule has 0 aromatic heterocycles. The van der Waals surface area contributed by atoms with E-state index in [1.807, 2.05) is 6.92 Å². The molecule has 0 radical (unpaired) electrons. The number of rotatable bonds is 2. The third-order valence-electron chi connectivity index (χ3n) is 17.7. The minimum absolute atomic E-state index is 0.00936. The Balaban J connectivity index is 1.09. The van der Waals surface area contributed by atoms with Crippen LogP contribution in [0, 0.1) is 62.6 Å². The zero-order valence-electron chi connectivity index (χ0n) is 31.2. The van der Waals surface area contributed by atoms with Crippen molar-refractivity contribution in [3.63, 3.8) is 0 Å². The third-order valence-corrected chi connectivity index (χ3v) is 17.7. The van der Waals surface area contributed by atoms with Gasteiger partial charge in [0.05, 0.1) is 11.3 Å². The lowest BCUT2D eigenvalue weighted by molar-refractivity contribution is -0.668. The van der Waals surface area contributed by atoms with Crippen LogP contribution >= 0.6 is 0 Å². The van der Waals surface area contributed by atoms with E-state index in [0.717, 1.165) is 70.6 Å². The van der Waals surface area contributed by atoms with Crippen LogP contribution in [0.2, 0.25) is 0 Å². The summed E-state index contributed by atoms with van der Waals surface area (Å²) in [6, 6.07) is 0. The first kappa shape index (κ1) is 33.9. The summed E-state index contributed by atoms with van der Waals surface area (Å²) in [5.74, 6) is -0.428. The lowest BCUT2D eigenvalue weighted by Crippen LogP contribution is -2.76. The van der Waals surface area contributed by atoms with E-state index in [1.165, 1.54) is 12.8 Å². The van der Waals surface area contributed by atoms with E-state index in [-0.39, 0.29) is 57.5 Å². The van der Waals surface area contributed by atoms with Crippen LogP contribution in [-0.4, -0.2) is 35.2 Å². The van der Waals surface area contributed by atoms with Gasteiger partial charge in [-0.1, -0.05) is 48.0 Å². The summed E-state index contributed by atoms with van der Waals surface area (Å²) in [5, 5.41) is 0. The predicted molar refractivity (Wildman–Crippen MR) is 177 cm³/mol. The van der Waals surface area contributed by atoms with Crippen molar-refractivity contribution in [1.82, 2.24) is 0 Å². The summed E-state index contributed by atoms with van der Waals surface area (Å²) >= 11 is 0. The van der Waals surface area contributed by atoms with Crippen molar-refractivity contribution in [2.24, 2.45) is 62.6 Å². The highest BCUT2D eigenvalue weighted by atomic mass is 17.4. The largest absolute Gasteiger partial charge is 0.462 e. The van der Waals surface area contributed by atoms with Gasteiger partial charge in [0.2, 0.25) is 11.6 Å². The van der Waals surface area contributed by atoms with Crippen LogP contribution in [0.4, 0.5) is 0 Å². The molecule has 48 heavy (non-hydrogen) atoms. The topological polar surface area (TPSA) is 89.5 Å². The zero-order valence-corrected chi connectivity index (χ0v) is 31.2. The van der Waals surface area contributed by atoms with Gasteiger partial charge in [0.25, 0.3) is 0 Å². The van der Waals surface area contributed by atoms with Gasteiger partial charge in [-0.05, 0) is 124 Å². The Bertz CT molecular complexity index is 1340. The third kappa shape index (κ3) is 4.15. The second-order valence-electron chi connectivity index (χ2n) is 19.7. The summed E-state index contributed by atoms with van der Waals surface area (Å²) < 4.78 is 12.5. The number of ether oxygens (including phenoxy) is 2. The number of hydrogen-bond acceptors (Lipinski definition) is 8. The average Bonchev–Trinajstić information content (AvgIpc) is 3.02. The number of esters is 2. The first-order valence-electron chi connectivity index (χ1n) is 19.6. The highest BCUT2D eigenvalue weighted by molar-refractivity contribution is 5.80. The van der Waals surface area contributed by atoms with Gasteiger partial charge in [-0.15, -0.1) is 0 Å². The normalized spacial score (nSPS) is 53.0. The van der Waals surface area contributed by atoms with Gasteiger partial charge < -0.3 is 9.47 Å². The van der Waals surface area contributed by atoms with Crippen molar-refractivity contribution in [3.05, 3.63) is 0 Å². The van der Waals surface area contributed by atoms with E-state index in [1.54, 1.807) is 6.92 Å². The molecule has 2 bridgehead atoms. The highest BCUT2D eigenvalue weighted by Crippen LogP contribution is 2.79. The van der Waals surface area contributed by atoms with Crippen LogP contribution in [0.1, 0.15) is 152 Å². The quantitative estimate of drug-likeness (QED) is 0.213. The van der Waals surface area contributed by atoms with E-state index in [4.69, 9.17) is 29.0 Å². The number of carbonyl (C=O) groups excluding carboxylic acids is 2. The molecule has 9 rings (SSSR count). The van der Waals surface area contributed by atoms with Crippen LogP contribution < -0.4 is 0 Å². The van der Waals surface area contributed by atoms with Crippen molar-refractivity contribution < 1.29 is 38.6 Å². The Labute approximate surface area is 288 Å². The van der Waals surface area contributed by atoms with Gasteiger partial charge in [-0.25, -0.2) is 0 Å². The monoisotopic (exact) mass is 670 g/mol. The van der Waals surface area contributed by atoms with Crippen LogP contribution in [-0.2, 0) is 38.6 Å². The standard InChI is InChI=1S/C40H62O8/c1-24-31-26-13-14-28-34(5)19-16-30(43-25(2)41)33(3,4)27(34)15-20-36(28,7)35(26,6)21-22-39(31)23-29(37(24,8)44-32(39)42)38(9)45-47-40(48-46-38)17-11-10-12-18-40/h24,26-31H,10-23H2,1-9H3/t24-,26+,27-,28+,29-,30-,31+,34-,35+,36+,37+,39+/m0/s1. The molecule has 9 fully saturated rings. The summed E-state index contributed by atoms with van der Waals surface area (Å²) in [7, 11) is 0. The lowest BCUT2D eigenvalue weighted by Gasteiger charge is -2.75. The van der Waals surface area contributed by atoms with E-state index >= 15 is 0 Å². The van der Waals surface area contributed by atoms with Crippen LogP contribution in [0.5, 0.6) is 0 Å². The van der Waals surface area contributed by atoms with Crippen LogP contribution in [0.15, 0.2) is 0 Å². The molecule has 0 unspecified atom stereocenters. The van der Waals surface area contributed by atoms with Gasteiger partial charge in [-0.2, -0.15) is 19.6 Å². The van der Waals surface area contributed by atoms with Gasteiger partial charge in [0.1, 0.15) is 11.7 Å². The smallest absolute Gasteiger partial charge is 0.312 e. The van der Waals surface area contributed by atoms with Crippen LogP contribution in [0.25, 0.3) is 0 Å². The van der Waals surface area contributed by atoms with Crippen molar-refractivity contribution in [2.75, 3.05) is 0 Å². The molecule has 3 aliphatic heterocycles. The fourth-order valence-electron chi connectivity index (χ4n) is 15.0. The Kier molecular flexibility index (Phi) is 7.37. The maximum absolute atomic E-state index is 14.3. The van der Waals surface area contributed by atoms with Gasteiger partial charge in [-0.3, -0.25) is 9.59 Å². The molecule has 9 aliphatic rings. The second kappa shape index (κ2) is 10.4. The SMILES string of the molecule is CC(=O)O[C@H]1CC[C@]2(C)[C@H]3CC[C@@H]4[C@H]5[C@H](C)[C@@]6(C)OC(=O)[C@]5(CC[C@@]4(C)[C@]3(C)CC[C@H]2C1(C)C)C[C@@H]6C1(C)OOC2(CCCCC2)OO1. The molecule has 3 heterocycles. The molecule has 270 valence electrons. The van der Waals surface area contributed by atoms with Crippen molar-refractivity contribution in [1.29, 1.82) is 0 Å². The number of carbonyl (C=O) groups is 2. The zero-order chi connectivity index (χ0) is 34.3. The number of hydrogen-bond donors (Lipinski definition) is 0. The minimum atomic E-state index is -1.17. The molecule has 0 aromatic rings. The lowest BCUT2D eigenvalue weighted by atomic mass is 9.30. The number of fused-ring (bicyclic) bond motifs is 7. The fraction of sp³-hybridized carbons (Fsp3) is 0.950. The molecule has 0 aromatic carbocycles. The Morgan fingerprint density at radius 3 is 2.08 bits per heavy atom. The Hall–Kier alpha value is -1.22. The molecule has 6 aliphatic carbocycles. The minimum Gasteiger partial charge on any atom is -0.462 e. The molecular weight excluding hydrogens is 608 g/mol.